The second-order valence-electron chi connectivity index (χ2n) is 6.17. The maximum atomic E-state index is 13.0. The van der Waals surface area contributed by atoms with Crippen LogP contribution in [-0.2, 0) is 16.0 Å². The summed E-state index contributed by atoms with van der Waals surface area (Å²) in [5.74, 6) is -0.461. The summed E-state index contributed by atoms with van der Waals surface area (Å²) in [4.78, 5) is 41.3. The molecule has 0 radical (unpaired) electrons. The molecule has 132 valence electrons. The maximum absolute atomic E-state index is 13.0. The van der Waals surface area contributed by atoms with Crippen LogP contribution in [0.4, 0.5) is 0 Å². The van der Waals surface area contributed by atoms with Gasteiger partial charge in [0.25, 0.3) is 5.91 Å². The minimum atomic E-state index is -0.293. The average molecular weight is 334 g/mol. The molecule has 1 fully saturated rings. The number of hydrogen-bond donors (Lipinski definition) is 1. The van der Waals surface area contributed by atoms with Crippen molar-refractivity contribution in [3.8, 4) is 0 Å². The number of hydrogen-bond acceptors (Lipinski definition) is 4. The Hall–Kier alpha value is -2.11. The first-order valence-electron chi connectivity index (χ1n) is 8.59. The lowest BCUT2D eigenvalue weighted by atomic mass is 10.0. The first-order valence-corrected chi connectivity index (χ1v) is 8.59. The Morgan fingerprint density at radius 2 is 1.92 bits per heavy atom. The van der Waals surface area contributed by atoms with Crippen molar-refractivity contribution in [1.82, 2.24) is 9.88 Å². The van der Waals surface area contributed by atoms with Crippen molar-refractivity contribution in [3.05, 3.63) is 22.5 Å². The number of amides is 1. The number of ether oxygens (including phenoxy) is 1. The van der Waals surface area contributed by atoms with E-state index in [0.29, 0.717) is 30.8 Å². The fraction of sp³-hybridized carbons (Fsp3) is 0.611. The third-order valence-corrected chi connectivity index (χ3v) is 4.32. The minimum Gasteiger partial charge on any atom is -0.466 e. The van der Waals surface area contributed by atoms with Crippen LogP contribution >= 0.6 is 0 Å². The number of aromatic nitrogens is 1. The van der Waals surface area contributed by atoms with Gasteiger partial charge in [-0.05, 0) is 45.6 Å². The second-order valence-corrected chi connectivity index (χ2v) is 6.17. The van der Waals surface area contributed by atoms with Crippen LogP contribution < -0.4 is 0 Å². The van der Waals surface area contributed by atoms with Crippen LogP contribution in [-0.4, -0.2) is 46.7 Å². The Labute approximate surface area is 142 Å². The number of nitrogens with one attached hydrogen (secondary N) is 1. The number of aryl methyl sites for hydroxylation is 1. The van der Waals surface area contributed by atoms with E-state index >= 15 is 0 Å². The highest BCUT2D eigenvalue weighted by Gasteiger charge is 2.35. The smallest absolute Gasteiger partial charge is 0.307 e. The molecular formula is C18H26N2O4. The van der Waals surface area contributed by atoms with Crippen LogP contribution in [0.1, 0.15) is 72.1 Å². The normalized spacial score (nSPS) is 13.7. The van der Waals surface area contributed by atoms with Crippen molar-refractivity contribution >= 4 is 17.7 Å². The van der Waals surface area contributed by atoms with E-state index in [1.807, 2.05) is 13.8 Å². The number of esters is 1. The standard InChI is InChI=1S/C18H26N2O4/c1-5-14-16(12(4)21)11(3)19-17(14)18(23)20(13-7-8-13)10-9-15(22)24-6-2/h13,19H,5-10H2,1-4H3. The quantitative estimate of drug-likeness (QED) is 0.585. The lowest BCUT2D eigenvalue weighted by molar-refractivity contribution is -0.143. The van der Waals surface area contributed by atoms with E-state index in [4.69, 9.17) is 4.74 Å². The van der Waals surface area contributed by atoms with Gasteiger partial charge in [-0.25, -0.2) is 0 Å². The molecule has 0 bridgehead atoms. The average Bonchev–Trinajstić information content (AvgIpc) is 3.29. The third-order valence-electron chi connectivity index (χ3n) is 4.32. The highest BCUT2D eigenvalue weighted by molar-refractivity contribution is 6.02. The fourth-order valence-corrected chi connectivity index (χ4v) is 3.11. The number of nitrogens with zero attached hydrogens (tertiary/aromatic N) is 1. The van der Waals surface area contributed by atoms with E-state index in [1.54, 1.807) is 11.8 Å². The first kappa shape index (κ1) is 18.2. The van der Waals surface area contributed by atoms with Gasteiger partial charge >= 0.3 is 5.97 Å². The summed E-state index contributed by atoms with van der Waals surface area (Å²) in [5.41, 5.74) is 2.59. The molecule has 0 aromatic carbocycles. The monoisotopic (exact) mass is 334 g/mol. The molecule has 1 saturated carbocycles. The van der Waals surface area contributed by atoms with E-state index in [-0.39, 0.29) is 30.1 Å². The molecule has 1 amide bonds. The van der Waals surface area contributed by atoms with Gasteiger partial charge in [0.2, 0.25) is 0 Å². The van der Waals surface area contributed by atoms with Crippen molar-refractivity contribution in [1.29, 1.82) is 0 Å². The number of ketones is 1. The van der Waals surface area contributed by atoms with Gasteiger partial charge in [0, 0.05) is 23.8 Å². The molecule has 6 nitrogen and oxygen atoms in total. The van der Waals surface area contributed by atoms with Crippen LogP contribution in [0.5, 0.6) is 0 Å². The van der Waals surface area contributed by atoms with Crippen LogP contribution in [0.3, 0.4) is 0 Å². The molecule has 0 spiro atoms. The van der Waals surface area contributed by atoms with E-state index in [0.717, 1.165) is 24.1 Å². The van der Waals surface area contributed by atoms with Crippen molar-refractivity contribution in [2.75, 3.05) is 13.2 Å². The van der Waals surface area contributed by atoms with Crippen LogP contribution in [0.25, 0.3) is 0 Å². The molecule has 24 heavy (non-hydrogen) atoms. The molecule has 6 heteroatoms. The summed E-state index contributed by atoms with van der Waals surface area (Å²) < 4.78 is 4.95. The molecule has 0 unspecified atom stereocenters. The first-order chi connectivity index (χ1) is 11.4. The Kier molecular flexibility index (Phi) is 5.80. The number of carbonyl (C=O) groups excluding carboxylic acids is 3. The highest BCUT2D eigenvalue weighted by Crippen LogP contribution is 2.30. The number of aromatic amines is 1. The molecule has 2 rings (SSSR count). The zero-order valence-corrected chi connectivity index (χ0v) is 14.9. The van der Waals surface area contributed by atoms with Crippen molar-refractivity contribution in [3.63, 3.8) is 0 Å². The van der Waals surface area contributed by atoms with Gasteiger partial charge in [-0.1, -0.05) is 6.92 Å². The number of Topliss-reactive ketones (excluding diaryl/α,β-unsaturated/α-hetero) is 1. The van der Waals surface area contributed by atoms with E-state index < -0.39 is 0 Å². The van der Waals surface area contributed by atoms with Gasteiger partial charge in [-0.3, -0.25) is 14.4 Å². The van der Waals surface area contributed by atoms with E-state index in [2.05, 4.69) is 4.98 Å². The van der Waals surface area contributed by atoms with Gasteiger partial charge in [-0.2, -0.15) is 0 Å². The molecule has 1 aliphatic carbocycles. The van der Waals surface area contributed by atoms with Crippen LogP contribution in [0, 0.1) is 6.92 Å². The fourth-order valence-electron chi connectivity index (χ4n) is 3.11. The van der Waals surface area contributed by atoms with Crippen molar-refractivity contribution in [2.45, 2.75) is 59.4 Å². The largest absolute Gasteiger partial charge is 0.466 e. The zero-order valence-electron chi connectivity index (χ0n) is 14.9. The van der Waals surface area contributed by atoms with Crippen LogP contribution in [0.2, 0.25) is 0 Å². The summed E-state index contributed by atoms with van der Waals surface area (Å²) in [7, 11) is 0. The Morgan fingerprint density at radius 1 is 1.25 bits per heavy atom. The molecule has 0 saturated heterocycles. The summed E-state index contributed by atoms with van der Waals surface area (Å²) >= 11 is 0. The molecule has 1 aliphatic rings. The van der Waals surface area contributed by atoms with Gasteiger partial charge in [-0.15, -0.1) is 0 Å². The Bertz CT molecular complexity index is 644. The molecular weight excluding hydrogens is 308 g/mol. The number of rotatable bonds is 8. The number of H-pyrrole nitrogens is 1. The van der Waals surface area contributed by atoms with Crippen LogP contribution in [0.15, 0.2) is 0 Å². The van der Waals surface area contributed by atoms with Gasteiger partial charge < -0.3 is 14.6 Å². The molecule has 1 aromatic rings. The Morgan fingerprint density at radius 3 is 2.42 bits per heavy atom. The third kappa shape index (κ3) is 3.86. The van der Waals surface area contributed by atoms with Crippen molar-refractivity contribution in [2.24, 2.45) is 0 Å². The lowest BCUT2D eigenvalue weighted by Gasteiger charge is -2.22. The topological polar surface area (TPSA) is 79.5 Å². The van der Waals surface area contributed by atoms with E-state index in [9.17, 15) is 14.4 Å². The van der Waals surface area contributed by atoms with Gasteiger partial charge in [0.1, 0.15) is 5.69 Å². The summed E-state index contributed by atoms with van der Waals surface area (Å²) in [5, 5.41) is 0. The maximum Gasteiger partial charge on any atom is 0.307 e. The molecule has 1 heterocycles. The molecule has 0 atom stereocenters. The number of carbonyl (C=O) groups is 3. The lowest BCUT2D eigenvalue weighted by Crippen LogP contribution is -2.36. The SMILES string of the molecule is CCOC(=O)CCN(C(=O)c1[nH]c(C)c(C(C)=O)c1CC)C1CC1. The predicted molar refractivity (Wildman–Crippen MR) is 90.2 cm³/mol. The summed E-state index contributed by atoms with van der Waals surface area (Å²) in [6, 6.07) is 0.181. The predicted octanol–water partition coefficient (Wildman–Crippen LogP) is 2.65. The molecule has 1 N–H and O–H groups in total. The van der Waals surface area contributed by atoms with Gasteiger partial charge in [0.05, 0.1) is 13.0 Å². The zero-order chi connectivity index (χ0) is 17.9. The second kappa shape index (κ2) is 7.64. The highest BCUT2D eigenvalue weighted by atomic mass is 16.5. The van der Waals surface area contributed by atoms with Gasteiger partial charge in [0.15, 0.2) is 5.78 Å². The van der Waals surface area contributed by atoms with Crippen molar-refractivity contribution < 1.29 is 19.1 Å². The van der Waals surface area contributed by atoms with E-state index in [1.165, 1.54) is 6.92 Å². The minimum absolute atomic E-state index is 0.0378. The molecule has 1 aromatic heterocycles. The summed E-state index contributed by atoms with van der Waals surface area (Å²) in [6.45, 7) is 7.72. The molecule has 0 aliphatic heterocycles. The Balaban J connectivity index is 2.23. The summed E-state index contributed by atoms with van der Waals surface area (Å²) in [6.07, 6.45) is 2.71.